The number of ether oxygens (including phenoxy) is 1. The molecule has 0 aromatic heterocycles. The van der Waals surface area contributed by atoms with Crippen LogP contribution >= 0.6 is 35.6 Å². The van der Waals surface area contributed by atoms with Crippen molar-refractivity contribution >= 4 is 41.5 Å². The van der Waals surface area contributed by atoms with Crippen LogP contribution in [-0.4, -0.2) is 56.3 Å². The topological polar surface area (TPSA) is 48.9 Å². The quantitative estimate of drug-likeness (QED) is 0.350. The Balaban J connectivity index is 0.00000261. The molecule has 2 aliphatic rings. The number of benzene rings is 1. The first-order chi connectivity index (χ1) is 12.8. The minimum absolute atomic E-state index is 0. The standard InChI is InChI=1S/C20H31ClN4O.HI/c1-2-22-20(24-18-5-3-4-6-18)23-15-19(25-11-13-26-14-12-25)16-7-9-17(21)10-8-16;/h7-10,18-19H,2-6,11-15H2,1H3,(H2,22,23,24);1H. The molecule has 1 heterocycles. The summed E-state index contributed by atoms with van der Waals surface area (Å²) < 4.78 is 5.53. The summed E-state index contributed by atoms with van der Waals surface area (Å²) in [7, 11) is 0. The number of aliphatic imine (C=N–C) groups is 1. The van der Waals surface area contributed by atoms with Crippen molar-refractivity contribution in [3.05, 3.63) is 34.9 Å². The van der Waals surface area contributed by atoms with E-state index in [2.05, 4.69) is 34.6 Å². The van der Waals surface area contributed by atoms with E-state index >= 15 is 0 Å². The molecule has 1 aromatic carbocycles. The number of halogens is 2. The smallest absolute Gasteiger partial charge is 0.191 e. The zero-order valence-corrected chi connectivity index (χ0v) is 19.2. The highest BCUT2D eigenvalue weighted by Crippen LogP contribution is 2.24. The Bertz CT molecular complexity index is 572. The maximum atomic E-state index is 6.08. The van der Waals surface area contributed by atoms with Crippen molar-refractivity contribution in [2.75, 3.05) is 39.4 Å². The third-order valence-corrected chi connectivity index (χ3v) is 5.46. The molecule has 3 rings (SSSR count). The minimum Gasteiger partial charge on any atom is -0.379 e. The SMILES string of the molecule is CCNC(=NCC(c1ccc(Cl)cc1)N1CCOCC1)NC1CCCC1.I. The molecule has 5 nitrogen and oxygen atoms in total. The summed E-state index contributed by atoms with van der Waals surface area (Å²) in [5, 5.41) is 7.79. The lowest BCUT2D eigenvalue weighted by Crippen LogP contribution is -2.44. The van der Waals surface area contributed by atoms with Gasteiger partial charge in [-0.3, -0.25) is 9.89 Å². The molecule has 1 aliphatic carbocycles. The van der Waals surface area contributed by atoms with Crippen LogP contribution in [0.15, 0.2) is 29.3 Å². The molecule has 0 amide bonds. The fraction of sp³-hybridized carbons (Fsp3) is 0.650. The van der Waals surface area contributed by atoms with Gasteiger partial charge in [0.05, 0.1) is 25.8 Å². The molecule has 1 atom stereocenters. The monoisotopic (exact) mass is 506 g/mol. The van der Waals surface area contributed by atoms with Crippen LogP contribution in [0.2, 0.25) is 5.02 Å². The summed E-state index contributed by atoms with van der Waals surface area (Å²) in [6.07, 6.45) is 5.12. The van der Waals surface area contributed by atoms with Gasteiger partial charge in [0.2, 0.25) is 0 Å². The fourth-order valence-corrected chi connectivity index (χ4v) is 3.89. The molecule has 2 N–H and O–H groups in total. The van der Waals surface area contributed by atoms with Crippen molar-refractivity contribution < 1.29 is 4.74 Å². The van der Waals surface area contributed by atoms with Gasteiger partial charge < -0.3 is 15.4 Å². The number of rotatable bonds is 6. The van der Waals surface area contributed by atoms with Crippen LogP contribution in [0.4, 0.5) is 0 Å². The van der Waals surface area contributed by atoms with E-state index in [0.717, 1.165) is 50.4 Å². The van der Waals surface area contributed by atoms with Gasteiger partial charge in [0.1, 0.15) is 0 Å². The first-order valence-corrected chi connectivity index (χ1v) is 10.3. The van der Waals surface area contributed by atoms with Gasteiger partial charge in [0, 0.05) is 30.7 Å². The van der Waals surface area contributed by atoms with E-state index in [1.165, 1.54) is 31.2 Å². The molecular weight excluding hydrogens is 475 g/mol. The van der Waals surface area contributed by atoms with Gasteiger partial charge in [0.25, 0.3) is 0 Å². The Kier molecular flexibility index (Phi) is 10.2. The Morgan fingerprint density at radius 3 is 2.52 bits per heavy atom. The lowest BCUT2D eigenvalue weighted by Gasteiger charge is -2.34. The number of hydrogen-bond donors (Lipinski definition) is 2. The maximum Gasteiger partial charge on any atom is 0.191 e. The molecule has 2 fully saturated rings. The summed E-state index contributed by atoms with van der Waals surface area (Å²) in [6.45, 7) is 7.17. The van der Waals surface area contributed by atoms with Crippen LogP contribution < -0.4 is 10.6 Å². The van der Waals surface area contributed by atoms with Gasteiger partial charge in [0.15, 0.2) is 5.96 Å². The molecule has 0 bridgehead atoms. The summed E-state index contributed by atoms with van der Waals surface area (Å²) in [5.41, 5.74) is 1.26. The minimum atomic E-state index is 0. The summed E-state index contributed by atoms with van der Waals surface area (Å²) in [4.78, 5) is 7.40. The van der Waals surface area contributed by atoms with E-state index in [1.54, 1.807) is 0 Å². The first kappa shape index (κ1) is 22.7. The average molecular weight is 507 g/mol. The summed E-state index contributed by atoms with van der Waals surface area (Å²) in [5.74, 6) is 0.937. The Hall–Kier alpha value is -0.570. The second-order valence-corrected chi connectivity index (χ2v) is 7.50. The third-order valence-electron chi connectivity index (χ3n) is 5.20. The Morgan fingerprint density at radius 1 is 1.22 bits per heavy atom. The molecule has 152 valence electrons. The molecular formula is C20H32ClIN4O. The van der Waals surface area contributed by atoms with Crippen LogP contribution in [0.1, 0.15) is 44.2 Å². The predicted octanol–water partition coefficient (Wildman–Crippen LogP) is 3.83. The van der Waals surface area contributed by atoms with Gasteiger partial charge in [-0.1, -0.05) is 36.6 Å². The molecule has 1 saturated heterocycles. The molecule has 0 spiro atoms. The highest BCUT2D eigenvalue weighted by molar-refractivity contribution is 14.0. The van der Waals surface area contributed by atoms with Gasteiger partial charge in [-0.15, -0.1) is 24.0 Å². The van der Waals surface area contributed by atoms with Crippen molar-refractivity contribution in [3.63, 3.8) is 0 Å². The lowest BCUT2D eigenvalue weighted by atomic mass is 10.0. The number of nitrogens with one attached hydrogen (secondary N) is 2. The van der Waals surface area contributed by atoms with E-state index < -0.39 is 0 Å². The van der Waals surface area contributed by atoms with Crippen LogP contribution in [-0.2, 0) is 4.74 Å². The molecule has 27 heavy (non-hydrogen) atoms. The highest BCUT2D eigenvalue weighted by atomic mass is 127. The van der Waals surface area contributed by atoms with Crippen LogP contribution in [0.3, 0.4) is 0 Å². The zero-order valence-electron chi connectivity index (χ0n) is 16.1. The molecule has 1 saturated carbocycles. The van der Waals surface area contributed by atoms with Crippen molar-refractivity contribution in [3.8, 4) is 0 Å². The van der Waals surface area contributed by atoms with Gasteiger partial charge in [-0.2, -0.15) is 0 Å². The average Bonchev–Trinajstić information content (AvgIpc) is 3.17. The summed E-state index contributed by atoms with van der Waals surface area (Å²) >= 11 is 6.08. The number of morpholine rings is 1. The summed E-state index contributed by atoms with van der Waals surface area (Å²) in [6, 6.07) is 8.98. The van der Waals surface area contributed by atoms with Crippen LogP contribution in [0.25, 0.3) is 0 Å². The second-order valence-electron chi connectivity index (χ2n) is 7.06. The normalized spacial score (nSPS) is 20.1. The molecule has 1 aliphatic heterocycles. The molecule has 7 heteroatoms. The maximum absolute atomic E-state index is 6.08. The van der Waals surface area contributed by atoms with E-state index in [4.69, 9.17) is 21.3 Å². The van der Waals surface area contributed by atoms with E-state index in [0.29, 0.717) is 6.04 Å². The number of nitrogens with zero attached hydrogens (tertiary/aromatic N) is 2. The first-order valence-electron chi connectivity index (χ1n) is 9.88. The molecule has 0 radical (unpaired) electrons. The molecule has 1 aromatic rings. The van der Waals surface area contributed by atoms with Gasteiger partial charge >= 0.3 is 0 Å². The second kappa shape index (κ2) is 12.1. The van der Waals surface area contributed by atoms with Crippen molar-refractivity contribution in [1.29, 1.82) is 0 Å². The van der Waals surface area contributed by atoms with Crippen molar-refractivity contribution in [1.82, 2.24) is 15.5 Å². The molecule has 1 unspecified atom stereocenters. The predicted molar refractivity (Wildman–Crippen MR) is 123 cm³/mol. The van der Waals surface area contributed by atoms with Gasteiger partial charge in [-0.25, -0.2) is 0 Å². The van der Waals surface area contributed by atoms with Crippen LogP contribution in [0.5, 0.6) is 0 Å². The van der Waals surface area contributed by atoms with E-state index in [1.807, 2.05) is 12.1 Å². The zero-order chi connectivity index (χ0) is 18.2. The van der Waals surface area contributed by atoms with E-state index in [-0.39, 0.29) is 30.0 Å². The van der Waals surface area contributed by atoms with Gasteiger partial charge in [-0.05, 0) is 37.5 Å². The number of hydrogen-bond acceptors (Lipinski definition) is 3. The fourth-order valence-electron chi connectivity index (χ4n) is 3.77. The Labute approximate surface area is 185 Å². The Morgan fingerprint density at radius 2 is 1.89 bits per heavy atom. The van der Waals surface area contributed by atoms with Crippen LogP contribution in [0, 0.1) is 0 Å². The highest BCUT2D eigenvalue weighted by Gasteiger charge is 2.23. The third kappa shape index (κ3) is 7.07. The number of guanidine groups is 1. The van der Waals surface area contributed by atoms with Crippen molar-refractivity contribution in [2.45, 2.75) is 44.7 Å². The lowest BCUT2D eigenvalue weighted by molar-refractivity contribution is 0.0179. The van der Waals surface area contributed by atoms with Crippen molar-refractivity contribution in [2.24, 2.45) is 4.99 Å². The van der Waals surface area contributed by atoms with E-state index in [9.17, 15) is 0 Å². The largest absolute Gasteiger partial charge is 0.379 e.